The van der Waals surface area contributed by atoms with Crippen molar-refractivity contribution in [2.45, 2.75) is 50.3 Å². The molecule has 29 heavy (non-hydrogen) atoms. The summed E-state index contributed by atoms with van der Waals surface area (Å²) in [4.78, 5) is 23.2. The molecule has 0 radical (unpaired) electrons. The highest BCUT2D eigenvalue weighted by Crippen LogP contribution is 2.30. The molecule has 1 saturated heterocycles. The van der Waals surface area contributed by atoms with E-state index in [1.54, 1.807) is 0 Å². The lowest BCUT2D eigenvalue weighted by molar-refractivity contribution is -0.742. The van der Waals surface area contributed by atoms with Crippen LogP contribution in [0.1, 0.15) is 54.1 Å². The lowest BCUT2D eigenvalue weighted by Gasteiger charge is -2.40. The van der Waals surface area contributed by atoms with Crippen molar-refractivity contribution in [1.29, 1.82) is 0 Å². The van der Waals surface area contributed by atoms with E-state index >= 15 is 0 Å². The largest absolute Gasteiger partial charge is 0.388 e. The number of hydrogen-bond acceptors (Lipinski definition) is 5. The number of nitrogens with zero attached hydrogens (tertiary/aromatic N) is 2. The molecule has 2 aromatic carbocycles. The fourth-order valence-corrected chi connectivity index (χ4v) is 3.85. The molecule has 1 heterocycles. The van der Waals surface area contributed by atoms with E-state index in [9.17, 15) is 9.90 Å². The van der Waals surface area contributed by atoms with Gasteiger partial charge in [-0.05, 0) is 31.9 Å². The van der Waals surface area contributed by atoms with Crippen LogP contribution in [-0.4, -0.2) is 45.2 Å². The summed E-state index contributed by atoms with van der Waals surface area (Å²) in [7, 11) is 2.10. The van der Waals surface area contributed by atoms with Gasteiger partial charge >= 0.3 is 0 Å². The number of hydrogen-bond donors (Lipinski definition) is 2. The van der Waals surface area contributed by atoms with Gasteiger partial charge in [0.25, 0.3) is 5.09 Å². The van der Waals surface area contributed by atoms with Gasteiger partial charge in [-0.2, -0.15) is 0 Å². The molecule has 3 rings (SSSR count). The molecule has 0 aromatic heterocycles. The van der Waals surface area contributed by atoms with Crippen LogP contribution in [0.15, 0.2) is 60.7 Å². The number of carbonyl (C=O) groups excluding carboxylic acids is 1. The molecular weight excluding hydrogens is 372 g/mol. The summed E-state index contributed by atoms with van der Waals surface area (Å²) in [6.07, 6.45) is 4.07. The highest BCUT2D eigenvalue weighted by atomic mass is 16.9. The smallest absolute Gasteiger partial charge is 0.291 e. The number of ketones is 1. The van der Waals surface area contributed by atoms with E-state index in [4.69, 9.17) is 15.3 Å². The van der Waals surface area contributed by atoms with Crippen LogP contribution < -0.4 is 0 Å². The summed E-state index contributed by atoms with van der Waals surface area (Å²) in [5.74, 6) is 0.210. The molecule has 1 aliphatic heterocycles. The zero-order valence-electron chi connectivity index (χ0n) is 16.6. The molecule has 0 spiro atoms. The number of likely N-dealkylation sites (tertiary alicyclic amines) is 1. The van der Waals surface area contributed by atoms with Gasteiger partial charge in [-0.1, -0.05) is 67.1 Å². The van der Waals surface area contributed by atoms with E-state index < -0.39 is 11.2 Å². The maximum absolute atomic E-state index is 12.5. The lowest BCUT2D eigenvalue weighted by Crippen LogP contribution is -2.45. The Morgan fingerprint density at radius 1 is 1.10 bits per heavy atom. The predicted molar refractivity (Wildman–Crippen MR) is 109 cm³/mol. The fraction of sp³-hybridized carbons (Fsp3) is 0.409. The summed E-state index contributed by atoms with van der Waals surface area (Å²) in [6, 6.07) is 20.0. The molecule has 0 saturated carbocycles. The molecule has 2 N–H and O–H groups in total. The molecule has 3 atom stereocenters. The Morgan fingerprint density at radius 2 is 1.62 bits per heavy atom. The highest BCUT2D eigenvalue weighted by Gasteiger charge is 2.30. The Hall–Kier alpha value is -2.77. The second-order valence-electron chi connectivity index (χ2n) is 7.30. The Bertz CT molecular complexity index is 765. The number of benzene rings is 2. The van der Waals surface area contributed by atoms with Crippen molar-refractivity contribution in [3.8, 4) is 0 Å². The number of Topliss-reactive ketones (excluding diaryl/α,β-unsaturated/α-hetero) is 1. The quantitative estimate of drug-likeness (QED) is 0.433. The third-order valence-electron chi connectivity index (χ3n) is 5.42. The first kappa shape index (κ1) is 22.5. The van der Waals surface area contributed by atoms with Crippen LogP contribution in [0.5, 0.6) is 0 Å². The molecule has 0 aliphatic carbocycles. The zero-order chi connectivity index (χ0) is 21.2. The van der Waals surface area contributed by atoms with Crippen molar-refractivity contribution in [1.82, 2.24) is 4.90 Å². The molecule has 0 bridgehead atoms. The average Bonchev–Trinajstić information content (AvgIpc) is 2.72. The minimum Gasteiger partial charge on any atom is -0.388 e. The van der Waals surface area contributed by atoms with E-state index in [-0.39, 0.29) is 11.8 Å². The summed E-state index contributed by atoms with van der Waals surface area (Å²) in [5, 5.41) is 24.2. The van der Waals surface area contributed by atoms with E-state index in [1.807, 2.05) is 60.7 Å². The van der Waals surface area contributed by atoms with Gasteiger partial charge in [-0.3, -0.25) is 9.69 Å². The first-order valence-electron chi connectivity index (χ1n) is 9.75. The van der Waals surface area contributed by atoms with Gasteiger partial charge in [0.15, 0.2) is 5.78 Å². The van der Waals surface area contributed by atoms with Gasteiger partial charge in [0.2, 0.25) is 0 Å². The Balaban J connectivity index is 0.000000687. The minimum absolute atomic E-state index is 0.210. The number of aliphatic hydroxyl groups is 1. The van der Waals surface area contributed by atoms with Crippen molar-refractivity contribution in [2.24, 2.45) is 0 Å². The molecule has 3 unspecified atom stereocenters. The molecule has 2 aromatic rings. The van der Waals surface area contributed by atoms with E-state index in [0.29, 0.717) is 12.5 Å². The maximum Gasteiger partial charge on any atom is 0.291 e. The first-order chi connectivity index (χ1) is 13.9. The summed E-state index contributed by atoms with van der Waals surface area (Å²) >= 11 is 0. The Morgan fingerprint density at radius 3 is 2.21 bits per heavy atom. The van der Waals surface area contributed by atoms with Crippen LogP contribution in [0, 0.1) is 10.1 Å². The van der Waals surface area contributed by atoms with Crippen molar-refractivity contribution in [2.75, 3.05) is 7.05 Å². The maximum atomic E-state index is 12.5. The molecule has 7 nitrogen and oxygen atoms in total. The number of carbonyl (C=O) groups is 1. The van der Waals surface area contributed by atoms with Crippen molar-refractivity contribution in [3.05, 3.63) is 81.9 Å². The van der Waals surface area contributed by atoms with Crippen molar-refractivity contribution < 1.29 is 20.2 Å². The SMILES string of the molecule is CN1C(CC(=O)c2ccccc2)CCCC1CC(O)c1ccccc1.O=[N+]([O-])O. The van der Waals surface area contributed by atoms with E-state index in [2.05, 4.69) is 11.9 Å². The minimum atomic E-state index is -1.50. The summed E-state index contributed by atoms with van der Waals surface area (Å²) < 4.78 is 0. The zero-order valence-corrected chi connectivity index (χ0v) is 16.6. The van der Waals surface area contributed by atoms with Gasteiger partial charge in [0.1, 0.15) is 0 Å². The van der Waals surface area contributed by atoms with Crippen LogP contribution >= 0.6 is 0 Å². The van der Waals surface area contributed by atoms with Gasteiger partial charge in [-0.25, -0.2) is 0 Å². The second kappa shape index (κ2) is 11.3. The molecule has 7 heteroatoms. The van der Waals surface area contributed by atoms with Crippen LogP contribution in [0.25, 0.3) is 0 Å². The predicted octanol–water partition coefficient (Wildman–Crippen LogP) is 3.89. The van der Waals surface area contributed by atoms with Crippen LogP contribution in [0.3, 0.4) is 0 Å². The van der Waals surface area contributed by atoms with Crippen LogP contribution in [0.4, 0.5) is 0 Å². The summed E-state index contributed by atoms with van der Waals surface area (Å²) in [5.41, 5.74) is 1.76. The Labute approximate surface area is 170 Å². The van der Waals surface area contributed by atoms with Gasteiger partial charge in [-0.15, -0.1) is 10.1 Å². The van der Waals surface area contributed by atoms with Crippen molar-refractivity contribution >= 4 is 5.78 Å². The summed E-state index contributed by atoms with van der Waals surface area (Å²) in [6.45, 7) is 0. The van der Waals surface area contributed by atoms with E-state index in [1.165, 1.54) is 0 Å². The number of piperidine rings is 1. The Kier molecular flexibility index (Phi) is 8.76. The van der Waals surface area contributed by atoms with Crippen molar-refractivity contribution in [3.63, 3.8) is 0 Å². The molecule has 156 valence electrons. The van der Waals surface area contributed by atoms with Crippen LogP contribution in [0.2, 0.25) is 0 Å². The molecular formula is C22H28N2O5. The molecule has 0 amide bonds. The van der Waals surface area contributed by atoms with E-state index in [0.717, 1.165) is 36.8 Å². The lowest BCUT2D eigenvalue weighted by atomic mass is 9.88. The normalized spacial score (nSPS) is 20.2. The third-order valence-corrected chi connectivity index (χ3v) is 5.42. The van der Waals surface area contributed by atoms with Gasteiger partial charge < -0.3 is 10.3 Å². The van der Waals surface area contributed by atoms with Gasteiger partial charge in [0.05, 0.1) is 6.10 Å². The monoisotopic (exact) mass is 400 g/mol. The average molecular weight is 400 g/mol. The standard InChI is InChI=1S/C22H27NO2.HNO3/c1-23-19(15-21(24)17-9-4-2-5-10-17)13-8-14-20(23)16-22(25)18-11-6-3-7-12-18;2-1(3)4/h2-7,9-12,19-21,24H,8,13-16H2,1H3;(H,2,3,4). The highest BCUT2D eigenvalue weighted by molar-refractivity contribution is 5.96. The fourth-order valence-electron chi connectivity index (χ4n) is 3.85. The molecule has 1 fully saturated rings. The third kappa shape index (κ3) is 7.29. The number of rotatable bonds is 6. The molecule has 1 aliphatic rings. The topological polar surface area (TPSA) is 104 Å². The van der Waals surface area contributed by atoms with Crippen LogP contribution in [-0.2, 0) is 0 Å². The number of aliphatic hydroxyl groups excluding tert-OH is 1. The first-order valence-corrected chi connectivity index (χ1v) is 9.75. The van der Waals surface area contributed by atoms with Gasteiger partial charge in [0, 0.05) is 24.1 Å². The second-order valence-corrected chi connectivity index (χ2v) is 7.30.